The molecule has 14 heavy (non-hydrogen) atoms. The number of fused-ring (bicyclic) bond motifs is 1. The van der Waals surface area contributed by atoms with Crippen LogP contribution in [0.2, 0.25) is 0 Å². The maximum absolute atomic E-state index is 13.5. The first-order chi connectivity index (χ1) is 6.83. The van der Waals surface area contributed by atoms with E-state index in [1.54, 1.807) is 13.1 Å². The average Bonchev–Trinajstić information content (AvgIpc) is 2.65. The second kappa shape index (κ2) is 3.80. The molecule has 0 unspecified atom stereocenters. The molecular formula is C11H12FNO. The second-order valence-electron chi connectivity index (χ2n) is 3.22. The first kappa shape index (κ1) is 9.21. The van der Waals surface area contributed by atoms with E-state index in [2.05, 4.69) is 5.32 Å². The van der Waals surface area contributed by atoms with Crippen LogP contribution >= 0.6 is 0 Å². The van der Waals surface area contributed by atoms with E-state index >= 15 is 0 Å². The van der Waals surface area contributed by atoms with Crippen LogP contribution in [0, 0.1) is 0 Å². The lowest BCUT2D eigenvalue weighted by molar-refractivity contribution is 0.134. The van der Waals surface area contributed by atoms with Gasteiger partial charge in [-0.2, -0.15) is 0 Å². The molecule has 0 radical (unpaired) electrons. The zero-order chi connectivity index (χ0) is 9.97. The minimum Gasteiger partial charge on any atom is -0.392 e. The van der Waals surface area contributed by atoms with Crippen molar-refractivity contribution in [3.8, 4) is 0 Å². The number of hydrogen-bond donors (Lipinski definition) is 1. The Morgan fingerprint density at radius 3 is 3.14 bits per heavy atom. The van der Waals surface area contributed by atoms with Crippen LogP contribution in [-0.4, -0.2) is 7.05 Å². The number of ether oxygens (including phenoxy) is 1. The standard InChI is InChI=1S/C11H12FNO/c1-13-5-11(12)9-4-2-3-8-6-14-7-10(8)9/h2-5,13H,6-7H2,1H3/b11-5-. The van der Waals surface area contributed by atoms with Crippen molar-refractivity contribution in [1.82, 2.24) is 5.32 Å². The van der Waals surface area contributed by atoms with Gasteiger partial charge in [-0.05, 0) is 11.1 Å². The molecule has 3 heteroatoms. The topological polar surface area (TPSA) is 21.3 Å². The maximum atomic E-state index is 13.5. The Morgan fingerprint density at radius 1 is 1.50 bits per heavy atom. The summed E-state index contributed by atoms with van der Waals surface area (Å²) in [5, 5.41) is 2.68. The fourth-order valence-electron chi connectivity index (χ4n) is 1.63. The third-order valence-corrected chi connectivity index (χ3v) is 2.31. The Balaban J connectivity index is 2.44. The Labute approximate surface area is 82.4 Å². The predicted octanol–water partition coefficient (Wildman–Crippen LogP) is 2.20. The number of hydrogen-bond acceptors (Lipinski definition) is 2. The van der Waals surface area contributed by atoms with Gasteiger partial charge in [0.1, 0.15) is 5.83 Å². The fraction of sp³-hybridized carbons (Fsp3) is 0.273. The van der Waals surface area contributed by atoms with Gasteiger partial charge in [0.2, 0.25) is 0 Å². The number of halogens is 1. The number of rotatable bonds is 2. The van der Waals surface area contributed by atoms with Gasteiger partial charge in [0.25, 0.3) is 0 Å². The first-order valence-electron chi connectivity index (χ1n) is 4.54. The SMILES string of the molecule is CN/C=C(\F)c1cccc2c1COC2. The van der Waals surface area contributed by atoms with Gasteiger partial charge in [-0.3, -0.25) is 0 Å². The quantitative estimate of drug-likeness (QED) is 0.777. The summed E-state index contributed by atoms with van der Waals surface area (Å²) < 4.78 is 18.8. The Morgan fingerprint density at radius 2 is 2.36 bits per heavy atom. The van der Waals surface area contributed by atoms with Crippen molar-refractivity contribution >= 4 is 5.83 Å². The lowest BCUT2D eigenvalue weighted by Gasteiger charge is -2.04. The molecule has 0 bridgehead atoms. The van der Waals surface area contributed by atoms with Crippen LogP contribution in [0.15, 0.2) is 24.4 Å². The predicted molar refractivity (Wildman–Crippen MR) is 53.1 cm³/mol. The Kier molecular flexibility index (Phi) is 2.50. The highest BCUT2D eigenvalue weighted by Gasteiger charge is 2.16. The van der Waals surface area contributed by atoms with E-state index in [-0.39, 0.29) is 5.83 Å². The van der Waals surface area contributed by atoms with Gasteiger partial charge < -0.3 is 10.1 Å². The van der Waals surface area contributed by atoms with E-state index in [1.807, 2.05) is 12.1 Å². The molecule has 1 N–H and O–H groups in total. The molecule has 1 aliphatic heterocycles. The molecule has 0 spiro atoms. The van der Waals surface area contributed by atoms with Gasteiger partial charge in [0.15, 0.2) is 0 Å². The molecule has 0 aliphatic carbocycles. The zero-order valence-corrected chi connectivity index (χ0v) is 8.01. The van der Waals surface area contributed by atoms with Crippen LogP contribution in [0.25, 0.3) is 5.83 Å². The zero-order valence-electron chi connectivity index (χ0n) is 8.01. The molecule has 2 nitrogen and oxygen atoms in total. The van der Waals surface area contributed by atoms with Crippen LogP contribution in [0.5, 0.6) is 0 Å². The van der Waals surface area contributed by atoms with Crippen molar-refractivity contribution in [2.75, 3.05) is 7.05 Å². The molecule has 2 rings (SSSR count). The number of nitrogens with one attached hydrogen (secondary N) is 1. The lowest BCUT2D eigenvalue weighted by atomic mass is 10.0. The van der Waals surface area contributed by atoms with Crippen LogP contribution in [0.1, 0.15) is 16.7 Å². The first-order valence-corrected chi connectivity index (χ1v) is 4.54. The van der Waals surface area contributed by atoms with Gasteiger partial charge in [0, 0.05) is 18.8 Å². The van der Waals surface area contributed by atoms with Crippen LogP contribution < -0.4 is 5.32 Å². The van der Waals surface area contributed by atoms with Gasteiger partial charge in [-0.15, -0.1) is 0 Å². The Hall–Kier alpha value is -1.35. The summed E-state index contributed by atoms with van der Waals surface area (Å²) in [7, 11) is 1.68. The summed E-state index contributed by atoms with van der Waals surface area (Å²) in [4.78, 5) is 0. The van der Waals surface area contributed by atoms with Gasteiger partial charge in [-0.1, -0.05) is 18.2 Å². The van der Waals surface area contributed by atoms with E-state index in [0.717, 1.165) is 11.1 Å². The summed E-state index contributed by atoms with van der Waals surface area (Å²) in [6.45, 7) is 1.10. The summed E-state index contributed by atoms with van der Waals surface area (Å²) >= 11 is 0. The van der Waals surface area contributed by atoms with Crippen LogP contribution in [0.4, 0.5) is 4.39 Å². The lowest BCUT2D eigenvalue weighted by Crippen LogP contribution is -1.96. The van der Waals surface area contributed by atoms with Gasteiger partial charge >= 0.3 is 0 Å². The van der Waals surface area contributed by atoms with E-state index in [0.29, 0.717) is 18.8 Å². The molecule has 0 saturated heterocycles. The van der Waals surface area contributed by atoms with Crippen molar-refractivity contribution in [2.45, 2.75) is 13.2 Å². The summed E-state index contributed by atoms with van der Waals surface area (Å²) in [5.74, 6) is -0.241. The average molecular weight is 193 g/mol. The molecule has 0 atom stereocenters. The van der Waals surface area contributed by atoms with Crippen LogP contribution in [-0.2, 0) is 18.0 Å². The molecule has 1 aliphatic rings. The largest absolute Gasteiger partial charge is 0.392 e. The Bertz CT molecular complexity index is 374. The summed E-state index contributed by atoms with van der Waals surface area (Å²) in [6.07, 6.45) is 1.36. The molecule has 1 heterocycles. The van der Waals surface area contributed by atoms with Crippen molar-refractivity contribution in [1.29, 1.82) is 0 Å². The summed E-state index contributed by atoms with van der Waals surface area (Å²) in [6, 6.07) is 5.60. The van der Waals surface area contributed by atoms with Gasteiger partial charge in [-0.25, -0.2) is 4.39 Å². The molecule has 0 amide bonds. The highest BCUT2D eigenvalue weighted by Crippen LogP contribution is 2.28. The van der Waals surface area contributed by atoms with Crippen LogP contribution in [0.3, 0.4) is 0 Å². The molecular weight excluding hydrogens is 181 g/mol. The van der Waals surface area contributed by atoms with Crippen molar-refractivity contribution in [3.05, 3.63) is 41.1 Å². The number of benzene rings is 1. The molecule has 0 aromatic heterocycles. The molecule has 1 aromatic carbocycles. The monoisotopic (exact) mass is 193 g/mol. The molecule has 0 fully saturated rings. The molecule has 74 valence electrons. The third kappa shape index (κ3) is 1.51. The highest BCUT2D eigenvalue weighted by molar-refractivity contribution is 5.63. The smallest absolute Gasteiger partial charge is 0.146 e. The van der Waals surface area contributed by atoms with Crippen molar-refractivity contribution in [3.63, 3.8) is 0 Å². The summed E-state index contributed by atoms with van der Waals surface area (Å²) in [5.41, 5.74) is 2.69. The van der Waals surface area contributed by atoms with E-state index in [4.69, 9.17) is 4.74 Å². The molecule has 1 aromatic rings. The van der Waals surface area contributed by atoms with Crippen molar-refractivity contribution < 1.29 is 9.13 Å². The van der Waals surface area contributed by atoms with E-state index in [9.17, 15) is 4.39 Å². The second-order valence-corrected chi connectivity index (χ2v) is 3.22. The van der Waals surface area contributed by atoms with E-state index < -0.39 is 0 Å². The van der Waals surface area contributed by atoms with E-state index in [1.165, 1.54) is 6.20 Å². The van der Waals surface area contributed by atoms with Crippen molar-refractivity contribution in [2.24, 2.45) is 0 Å². The molecule has 0 saturated carbocycles. The maximum Gasteiger partial charge on any atom is 0.146 e. The van der Waals surface area contributed by atoms with Gasteiger partial charge in [0.05, 0.1) is 13.2 Å². The minimum atomic E-state index is -0.241. The minimum absolute atomic E-state index is 0.241. The third-order valence-electron chi connectivity index (χ3n) is 2.31. The highest BCUT2D eigenvalue weighted by atomic mass is 19.1. The normalized spacial score (nSPS) is 15.4. The fourth-order valence-corrected chi connectivity index (χ4v) is 1.63.